The Morgan fingerprint density at radius 2 is 2.10 bits per heavy atom. The highest BCUT2D eigenvalue weighted by molar-refractivity contribution is 7.14. The molecule has 0 unspecified atom stereocenters. The van der Waals surface area contributed by atoms with Gasteiger partial charge in [-0.05, 0) is 30.0 Å². The molecule has 0 fully saturated rings. The predicted octanol–water partition coefficient (Wildman–Crippen LogP) is 3.05. The quantitative estimate of drug-likeness (QED) is 0.939. The number of carboxylic acids is 1. The van der Waals surface area contributed by atoms with Crippen LogP contribution in [-0.4, -0.2) is 29.1 Å². The maximum Gasteiger partial charge on any atom is 0.345 e. The minimum Gasteiger partial charge on any atom is -0.477 e. The lowest BCUT2D eigenvalue weighted by Gasteiger charge is -2.26. The van der Waals surface area contributed by atoms with Crippen molar-refractivity contribution >= 4 is 17.3 Å². The first-order valence-electron chi connectivity index (χ1n) is 6.83. The van der Waals surface area contributed by atoms with Gasteiger partial charge in [0.2, 0.25) is 0 Å². The van der Waals surface area contributed by atoms with E-state index in [1.807, 2.05) is 12.1 Å². The van der Waals surface area contributed by atoms with Crippen molar-refractivity contribution in [3.8, 4) is 0 Å². The first-order valence-corrected chi connectivity index (χ1v) is 7.65. The maximum atomic E-state index is 11.0. The number of carboxylic acid groups (broad SMARTS) is 1. The minimum absolute atomic E-state index is 0.472. The van der Waals surface area contributed by atoms with Crippen molar-refractivity contribution in [2.75, 3.05) is 13.1 Å². The van der Waals surface area contributed by atoms with Crippen LogP contribution >= 0.6 is 11.3 Å². The summed E-state index contributed by atoms with van der Waals surface area (Å²) in [6.07, 6.45) is 2.02. The molecule has 2 heterocycles. The van der Waals surface area contributed by atoms with Gasteiger partial charge < -0.3 is 5.11 Å². The lowest BCUT2D eigenvalue weighted by molar-refractivity contribution is 0.0702. The van der Waals surface area contributed by atoms with Gasteiger partial charge in [-0.25, -0.2) is 4.79 Å². The Bertz CT molecular complexity index is 606. The third kappa shape index (κ3) is 2.92. The average Bonchev–Trinajstić information content (AvgIpc) is 2.89. The van der Waals surface area contributed by atoms with E-state index in [4.69, 9.17) is 5.11 Å². The highest BCUT2D eigenvalue weighted by Gasteiger charge is 2.20. The molecule has 104 valence electrons. The lowest BCUT2D eigenvalue weighted by atomic mass is 10.1. The Morgan fingerprint density at radius 3 is 2.85 bits per heavy atom. The standard InChI is InChI=1S/C16H17NO2S/c18-16(19)15-10-13-11-17(9-7-14(13)20-15)8-6-12-4-2-1-3-5-12/h1-5,10H,6-9,11H2,(H,18,19). The van der Waals surface area contributed by atoms with Gasteiger partial charge in [-0.15, -0.1) is 11.3 Å². The zero-order valence-electron chi connectivity index (χ0n) is 11.2. The fourth-order valence-corrected chi connectivity index (χ4v) is 3.62. The van der Waals surface area contributed by atoms with E-state index in [0.29, 0.717) is 4.88 Å². The third-order valence-electron chi connectivity index (χ3n) is 3.72. The number of rotatable bonds is 4. The maximum absolute atomic E-state index is 11.0. The van der Waals surface area contributed by atoms with Gasteiger partial charge >= 0.3 is 5.97 Å². The monoisotopic (exact) mass is 287 g/mol. The van der Waals surface area contributed by atoms with Crippen molar-refractivity contribution < 1.29 is 9.90 Å². The fourth-order valence-electron chi connectivity index (χ4n) is 2.62. The van der Waals surface area contributed by atoms with Crippen LogP contribution < -0.4 is 0 Å². The molecule has 3 nitrogen and oxygen atoms in total. The molecule has 0 aliphatic carbocycles. The van der Waals surface area contributed by atoms with E-state index in [9.17, 15) is 4.79 Å². The molecule has 0 radical (unpaired) electrons. The number of hydrogen-bond donors (Lipinski definition) is 1. The molecule has 1 aliphatic rings. The molecular formula is C16H17NO2S. The summed E-state index contributed by atoms with van der Waals surface area (Å²) in [6.45, 7) is 2.94. The van der Waals surface area contributed by atoms with Gasteiger partial charge in [0.15, 0.2) is 0 Å². The average molecular weight is 287 g/mol. The van der Waals surface area contributed by atoms with E-state index in [1.165, 1.54) is 27.3 Å². The van der Waals surface area contributed by atoms with Crippen molar-refractivity contribution in [3.63, 3.8) is 0 Å². The van der Waals surface area contributed by atoms with Crippen molar-refractivity contribution in [1.29, 1.82) is 0 Å². The van der Waals surface area contributed by atoms with Crippen molar-refractivity contribution in [1.82, 2.24) is 4.90 Å². The molecule has 0 saturated carbocycles. The Hall–Kier alpha value is -1.65. The van der Waals surface area contributed by atoms with E-state index >= 15 is 0 Å². The summed E-state index contributed by atoms with van der Waals surface area (Å²) in [5.74, 6) is -0.805. The first-order chi connectivity index (χ1) is 9.72. The molecule has 0 saturated heterocycles. The van der Waals surface area contributed by atoms with Crippen molar-refractivity contribution in [3.05, 3.63) is 57.3 Å². The topological polar surface area (TPSA) is 40.5 Å². The molecule has 0 atom stereocenters. The van der Waals surface area contributed by atoms with Crippen molar-refractivity contribution in [2.24, 2.45) is 0 Å². The van der Waals surface area contributed by atoms with Gasteiger partial charge in [0.05, 0.1) is 0 Å². The largest absolute Gasteiger partial charge is 0.477 e. The number of hydrogen-bond acceptors (Lipinski definition) is 3. The van der Waals surface area contributed by atoms with Crippen LogP contribution in [0.15, 0.2) is 36.4 Å². The number of carbonyl (C=O) groups is 1. The normalized spacial score (nSPS) is 15.0. The zero-order chi connectivity index (χ0) is 13.9. The van der Waals surface area contributed by atoms with Gasteiger partial charge in [-0.2, -0.15) is 0 Å². The molecule has 0 bridgehead atoms. The second kappa shape index (κ2) is 5.77. The van der Waals surface area contributed by atoms with Gasteiger partial charge in [0.1, 0.15) is 4.88 Å². The summed E-state index contributed by atoms with van der Waals surface area (Å²) in [6, 6.07) is 12.3. The Morgan fingerprint density at radius 1 is 1.30 bits per heavy atom. The first kappa shape index (κ1) is 13.3. The van der Waals surface area contributed by atoms with Crippen molar-refractivity contribution in [2.45, 2.75) is 19.4 Å². The van der Waals surface area contributed by atoms with Crippen LogP contribution in [0.4, 0.5) is 0 Å². The second-order valence-electron chi connectivity index (χ2n) is 5.13. The molecule has 1 aliphatic heterocycles. The molecule has 1 aromatic heterocycles. The van der Waals surface area contributed by atoms with E-state index in [2.05, 4.69) is 29.2 Å². The summed E-state index contributed by atoms with van der Waals surface area (Å²) in [7, 11) is 0. The summed E-state index contributed by atoms with van der Waals surface area (Å²) < 4.78 is 0. The fraction of sp³-hybridized carbons (Fsp3) is 0.312. The number of thiophene rings is 1. The molecule has 2 aromatic rings. The van der Waals surface area contributed by atoms with Gasteiger partial charge in [0, 0.05) is 24.5 Å². The van der Waals surface area contributed by atoms with Crippen LogP contribution in [0.2, 0.25) is 0 Å². The molecule has 4 heteroatoms. The van der Waals surface area contributed by atoms with E-state index in [0.717, 1.165) is 32.5 Å². The van der Waals surface area contributed by atoms with Crippen LogP contribution in [0.5, 0.6) is 0 Å². The summed E-state index contributed by atoms with van der Waals surface area (Å²) >= 11 is 1.43. The Labute approximate surface area is 122 Å². The van der Waals surface area contributed by atoms with Crippen LogP contribution in [-0.2, 0) is 19.4 Å². The van der Waals surface area contributed by atoms with Gasteiger partial charge in [-0.3, -0.25) is 4.90 Å². The molecule has 3 rings (SSSR count). The Kier molecular flexibility index (Phi) is 3.85. The van der Waals surface area contributed by atoms with Crippen LogP contribution in [0.25, 0.3) is 0 Å². The zero-order valence-corrected chi connectivity index (χ0v) is 12.0. The van der Waals surface area contributed by atoms with Crippen LogP contribution in [0, 0.1) is 0 Å². The van der Waals surface area contributed by atoms with E-state index in [1.54, 1.807) is 0 Å². The minimum atomic E-state index is -0.805. The van der Waals surface area contributed by atoms with E-state index in [-0.39, 0.29) is 0 Å². The summed E-state index contributed by atoms with van der Waals surface area (Å²) in [5.41, 5.74) is 2.56. The van der Waals surface area contributed by atoms with Crippen LogP contribution in [0.3, 0.4) is 0 Å². The number of aromatic carboxylic acids is 1. The molecule has 20 heavy (non-hydrogen) atoms. The highest BCUT2D eigenvalue weighted by atomic mass is 32.1. The number of nitrogens with zero attached hydrogens (tertiary/aromatic N) is 1. The smallest absolute Gasteiger partial charge is 0.345 e. The highest BCUT2D eigenvalue weighted by Crippen LogP contribution is 2.28. The predicted molar refractivity (Wildman–Crippen MR) is 80.4 cm³/mol. The SMILES string of the molecule is O=C(O)c1cc2c(s1)CCN(CCc1ccccc1)C2. The molecule has 1 aromatic carbocycles. The number of benzene rings is 1. The lowest BCUT2D eigenvalue weighted by Crippen LogP contribution is -2.31. The second-order valence-corrected chi connectivity index (χ2v) is 6.26. The van der Waals surface area contributed by atoms with Gasteiger partial charge in [0.25, 0.3) is 0 Å². The number of fused-ring (bicyclic) bond motifs is 1. The molecule has 1 N–H and O–H groups in total. The molecular weight excluding hydrogens is 270 g/mol. The molecule has 0 amide bonds. The van der Waals surface area contributed by atoms with Gasteiger partial charge in [-0.1, -0.05) is 30.3 Å². The third-order valence-corrected chi connectivity index (χ3v) is 4.94. The summed E-state index contributed by atoms with van der Waals surface area (Å²) in [4.78, 5) is 15.1. The summed E-state index contributed by atoms with van der Waals surface area (Å²) in [5, 5.41) is 9.05. The van der Waals surface area contributed by atoms with Crippen LogP contribution in [0.1, 0.15) is 25.7 Å². The Balaban J connectivity index is 1.62. The van der Waals surface area contributed by atoms with E-state index < -0.39 is 5.97 Å². The molecule has 0 spiro atoms.